The molecule has 6 nitrogen and oxygen atoms in total. The Morgan fingerprint density at radius 1 is 1.00 bits per heavy atom. The van der Waals surface area contributed by atoms with E-state index < -0.39 is 12.6 Å². The fraction of sp³-hybridized carbons (Fsp3) is 0.263. The molecule has 25 heavy (non-hydrogen) atoms. The molecule has 0 spiro atoms. The lowest BCUT2D eigenvalue weighted by Crippen LogP contribution is -2.30. The Kier molecular flexibility index (Phi) is 6.39. The number of nitrogens with zero attached hydrogens (tertiary/aromatic N) is 1. The molecule has 0 aliphatic carbocycles. The molecule has 2 aromatic carbocycles. The zero-order valence-corrected chi connectivity index (χ0v) is 14.3. The number of rotatable bonds is 8. The van der Waals surface area contributed by atoms with Gasteiger partial charge in [0, 0.05) is 17.8 Å². The van der Waals surface area contributed by atoms with Gasteiger partial charge in [-0.2, -0.15) is 0 Å². The van der Waals surface area contributed by atoms with Gasteiger partial charge in [0.25, 0.3) is 5.91 Å². The van der Waals surface area contributed by atoms with Crippen molar-refractivity contribution in [3.63, 3.8) is 0 Å². The zero-order chi connectivity index (χ0) is 18.2. The van der Waals surface area contributed by atoms with Crippen LogP contribution in [0.25, 0.3) is 0 Å². The van der Waals surface area contributed by atoms with Crippen LogP contribution in [-0.2, 0) is 4.79 Å². The number of ether oxygens (including phenoxy) is 2. The topological polar surface area (TPSA) is 76.1 Å². The Balaban J connectivity index is 2.29. The second-order valence-electron chi connectivity index (χ2n) is 5.16. The highest BCUT2D eigenvalue weighted by atomic mass is 16.5. The summed E-state index contributed by atoms with van der Waals surface area (Å²) in [6.45, 7) is 4.12. The zero-order valence-electron chi connectivity index (χ0n) is 14.3. The number of hydrogen-bond acceptors (Lipinski definition) is 4. The predicted octanol–water partition coefficient (Wildman–Crippen LogP) is 3.22. The third-order valence-electron chi connectivity index (χ3n) is 3.47. The van der Waals surface area contributed by atoms with E-state index in [1.165, 1.54) is 0 Å². The molecule has 0 heterocycles. The summed E-state index contributed by atoms with van der Waals surface area (Å²) in [5, 5.41) is 8.74. The SMILES string of the molecule is CCOc1cc(C(=O)N(CC)c2ccccc2)ccc1OCC(=O)O. The van der Waals surface area contributed by atoms with Crippen molar-refractivity contribution in [2.45, 2.75) is 13.8 Å². The number of benzene rings is 2. The lowest BCUT2D eigenvalue weighted by atomic mass is 10.1. The summed E-state index contributed by atoms with van der Waals surface area (Å²) in [4.78, 5) is 25.2. The third-order valence-corrected chi connectivity index (χ3v) is 3.47. The number of para-hydroxylation sites is 1. The van der Waals surface area contributed by atoms with Crippen molar-refractivity contribution in [3.8, 4) is 11.5 Å². The molecule has 0 saturated heterocycles. The van der Waals surface area contributed by atoms with Crippen LogP contribution in [0.5, 0.6) is 11.5 Å². The van der Waals surface area contributed by atoms with E-state index in [1.54, 1.807) is 30.0 Å². The highest BCUT2D eigenvalue weighted by molar-refractivity contribution is 6.06. The predicted molar refractivity (Wildman–Crippen MR) is 94.5 cm³/mol. The largest absolute Gasteiger partial charge is 0.490 e. The van der Waals surface area contributed by atoms with Gasteiger partial charge in [0.1, 0.15) is 0 Å². The average Bonchev–Trinajstić information content (AvgIpc) is 2.62. The minimum Gasteiger partial charge on any atom is -0.490 e. The summed E-state index contributed by atoms with van der Waals surface area (Å²) in [5.74, 6) is -0.606. The van der Waals surface area contributed by atoms with Gasteiger partial charge in [-0.15, -0.1) is 0 Å². The highest BCUT2D eigenvalue weighted by Crippen LogP contribution is 2.29. The van der Waals surface area contributed by atoms with Crippen molar-refractivity contribution in [3.05, 3.63) is 54.1 Å². The Hall–Kier alpha value is -3.02. The first kappa shape index (κ1) is 18.3. The first-order valence-electron chi connectivity index (χ1n) is 8.05. The van der Waals surface area contributed by atoms with E-state index >= 15 is 0 Å². The average molecular weight is 343 g/mol. The number of carboxylic acids is 1. The molecule has 0 aromatic heterocycles. The van der Waals surface area contributed by atoms with E-state index in [2.05, 4.69) is 0 Å². The molecular formula is C19H21NO5. The maximum Gasteiger partial charge on any atom is 0.341 e. The Labute approximate surface area is 146 Å². The summed E-state index contributed by atoms with van der Waals surface area (Å²) >= 11 is 0. The van der Waals surface area contributed by atoms with Gasteiger partial charge in [-0.25, -0.2) is 4.79 Å². The summed E-state index contributed by atoms with van der Waals surface area (Å²) in [5.41, 5.74) is 1.25. The van der Waals surface area contributed by atoms with Crippen LogP contribution in [0.3, 0.4) is 0 Å². The highest BCUT2D eigenvalue weighted by Gasteiger charge is 2.18. The van der Waals surface area contributed by atoms with Crippen molar-refractivity contribution in [2.75, 3.05) is 24.7 Å². The quantitative estimate of drug-likeness (QED) is 0.796. The van der Waals surface area contributed by atoms with Gasteiger partial charge in [0.15, 0.2) is 18.1 Å². The minimum absolute atomic E-state index is 0.167. The molecule has 1 amide bonds. The number of carboxylic acid groups (broad SMARTS) is 1. The smallest absolute Gasteiger partial charge is 0.341 e. The third kappa shape index (κ3) is 4.73. The van der Waals surface area contributed by atoms with Gasteiger partial charge in [-0.05, 0) is 44.2 Å². The molecule has 0 atom stereocenters. The number of anilines is 1. The summed E-state index contributed by atoms with van der Waals surface area (Å²) in [7, 11) is 0. The molecule has 0 aliphatic heterocycles. The summed E-state index contributed by atoms with van der Waals surface area (Å²) in [6.07, 6.45) is 0. The molecule has 0 bridgehead atoms. The lowest BCUT2D eigenvalue weighted by molar-refractivity contribution is -0.139. The molecule has 0 fully saturated rings. The number of aliphatic carboxylic acids is 1. The molecule has 132 valence electrons. The normalized spacial score (nSPS) is 10.2. The number of hydrogen-bond donors (Lipinski definition) is 1. The monoisotopic (exact) mass is 343 g/mol. The second kappa shape index (κ2) is 8.73. The molecule has 0 saturated carbocycles. The van der Waals surface area contributed by atoms with Crippen LogP contribution >= 0.6 is 0 Å². The van der Waals surface area contributed by atoms with E-state index in [-0.39, 0.29) is 5.91 Å². The van der Waals surface area contributed by atoms with E-state index in [0.717, 1.165) is 5.69 Å². The van der Waals surface area contributed by atoms with Crippen LogP contribution in [-0.4, -0.2) is 36.7 Å². The van der Waals surface area contributed by atoms with Gasteiger partial charge in [-0.1, -0.05) is 18.2 Å². The van der Waals surface area contributed by atoms with Crippen LogP contribution < -0.4 is 14.4 Å². The molecule has 0 radical (unpaired) electrons. The second-order valence-corrected chi connectivity index (χ2v) is 5.16. The molecule has 6 heteroatoms. The summed E-state index contributed by atoms with van der Waals surface area (Å²) in [6, 6.07) is 14.1. The van der Waals surface area contributed by atoms with Gasteiger partial charge in [0.2, 0.25) is 0 Å². The van der Waals surface area contributed by atoms with Crippen molar-refractivity contribution < 1.29 is 24.2 Å². The molecule has 0 unspecified atom stereocenters. The van der Waals surface area contributed by atoms with Crippen LogP contribution in [0.1, 0.15) is 24.2 Å². The van der Waals surface area contributed by atoms with Gasteiger partial charge < -0.3 is 19.5 Å². The molecule has 2 aromatic rings. The first-order chi connectivity index (χ1) is 12.1. The maximum absolute atomic E-state index is 12.8. The van der Waals surface area contributed by atoms with E-state index in [1.807, 2.05) is 37.3 Å². The van der Waals surface area contributed by atoms with Gasteiger partial charge in [0.05, 0.1) is 6.61 Å². The van der Waals surface area contributed by atoms with Crippen LogP contribution in [0.4, 0.5) is 5.69 Å². The van der Waals surface area contributed by atoms with Crippen molar-refractivity contribution in [2.24, 2.45) is 0 Å². The fourth-order valence-corrected chi connectivity index (χ4v) is 2.38. The van der Waals surface area contributed by atoms with Crippen molar-refractivity contribution >= 4 is 17.6 Å². The number of carbonyl (C=O) groups is 2. The van der Waals surface area contributed by atoms with E-state index in [4.69, 9.17) is 14.6 Å². The molecule has 1 N–H and O–H groups in total. The van der Waals surface area contributed by atoms with E-state index in [0.29, 0.717) is 30.2 Å². The van der Waals surface area contributed by atoms with Gasteiger partial charge in [-0.3, -0.25) is 4.79 Å². The van der Waals surface area contributed by atoms with Gasteiger partial charge >= 0.3 is 5.97 Å². The number of carbonyl (C=O) groups excluding carboxylic acids is 1. The minimum atomic E-state index is -1.08. The molecular weight excluding hydrogens is 322 g/mol. The van der Waals surface area contributed by atoms with Crippen LogP contribution in [0.2, 0.25) is 0 Å². The first-order valence-corrected chi connectivity index (χ1v) is 8.05. The maximum atomic E-state index is 12.8. The molecule has 2 rings (SSSR count). The Morgan fingerprint density at radius 3 is 2.32 bits per heavy atom. The van der Waals surface area contributed by atoms with Crippen molar-refractivity contribution in [1.82, 2.24) is 0 Å². The Bertz CT molecular complexity index is 730. The van der Waals surface area contributed by atoms with Crippen LogP contribution in [0.15, 0.2) is 48.5 Å². The standard InChI is InChI=1S/C19H21NO5/c1-3-20(15-8-6-5-7-9-15)19(23)14-10-11-16(25-13-18(21)22)17(12-14)24-4-2/h5-12H,3-4,13H2,1-2H3,(H,21,22). The fourth-order valence-electron chi connectivity index (χ4n) is 2.38. The molecule has 0 aliphatic rings. The van der Waals surface area contributed by atoms with Crippen LogP contribution in [0, 0.1) is 0 Å². The lowest BCUT2D eigenvalue weighted by Gasteiger charge is -2.21. The summed E-state index contributed by atoms with van der Waals surface area (Å²) < 4.78 is 10.7. The number of amides is 1. The Morgan fingerprint density at radius 2 is 1.72 bits per heavy atom. The van der Waals surface area contributed by atoms with E-state index in [9.17, 15) is 9.59 Å². The van der Waals surface area contributed by atoms with Crippen molar-refractivity contribution in [1.29, 1.82) is 0 Å².